The lowest BCUT2D eigenvalue weighted by molar-refractivity contribution is 0.0439. The van der Waals surface area contributed by atoms with E-state index in [1.807, 2.05) is 74.5 Å². The normalized spacial score (nSPS) is 11.0. The molecule has 4 nitrogen and oxygen atoms in total. The van der Waals surface area contributed by atoms with Crippen LogP contribution < -0.4 is 4.74 Å². The first kappa shape index (κ1) is 17.2. The van der Waals surface area contributed by atoms with E-state index >= 15 is 0 Å². The second-order valence-electron chi connectivity index (χ2n) is 6.36. The number of carbonyl (C=O) groups is 1. The number of hydrogen-bond acceptors (Lipinski definition) is 4. The third kappa shape index (κ3) is 3.26. The summed E-state index contributed by atoms with van der Waals surface area (Å²) < 4.78 is 16.8. The number of rotatable bonds is 5. The average molecular weight is 360 g/mol. The quantitative estimate of drug-likeness (QED) is 0.432. The molecule has 0 amide bonds. The van der Waals surface area contributed by atoms with Gasteiger partial charge in [-0.3, -0.25) is 0 Å². The summed E-state index contributed by atoms with van der Waals surface area (Å²) in [4.78, 5) is 12.6. The lowest BCUT2D eigenvalue weighted by atomic mass is 10.1. The van der Waals surface area contributed by atoms with Crippen molar-refractivity contribution in [1.82, 2.24) is 0 Å². The molecule has 0 unspecified atom stereocenters. The highest BCUT2D eigenvalue weighted by Crippen LogP contribution is 2.29. The topological polar surface area (TPSA) is 48.7 Å². The molecule has 0 fully saturated rings. The fraction of sp³-hybridized carbons (Fsp3) is 0.174. The molecule has 0 saturated heterocycles. The molecule has 0 aliphatic rings. The molecule has 0 radical (unpaired) electrons. The van der Waals surface area contributed by atoms with Gasteiger partial charge in [-0.05, 0) is 48.4 Å². The van der Waals surface area contributed by atoms with Crippen LogP contribution in [-0.2, 0) is 11.3 Å². The second-order valence-corrected chi connectivity index (χ2v) is 6.36. The molecule has 4 aromatic rings. The Kier molecular flexibility index (Phi) is 4.55. The zero-order chi connectivity index (χ0) is 18.8. The van der Waals surface area contributed by atoms with Crippen molar-refractivity contribution in [2.75, 3.05) is 6.61 Å². The van der Waals surface area contributed by atoms with Crippen molar-refractivity contribution in [2.45, 2.75) is 20.5 Å². The van der Waals surface area contributed by atoms with E-state index in [1.54, 1.807) is 0 Å². The Balaban J connectivity index is 1.58. The van der Waals surface area contributed by atoms with Gasteiger partial charge < -0.3 is 13.9 Å². The summed E-state index contributed by atoms with van der Waals surface area (Å²) in [6.07, 6.45) is 0. The minimum Gasteiger partial charge on any atom is -0.494 e. The molecular weight excluding hydrogens is 340 g/mol. The number of carbonyl (C=O) groups excluding carboxylic acids is 1. The lowest BCUT2D eigenvalue weighted by Crippen LogP contribution is -2.05. The molecule has 0 aliphatic heterocycles. The van der Waals surface area contributed by atoms with E-state index in [0.717, 1.165) is 33.0 Å². The molecule has 0 saturated carbocycles. The van der Waals surface area contributed by atoms with E-state index in [1.165, 1.54) is 0 Å². The first-order valence-corrected chi connectivity index (χ1v) is 8.97. The SMILES string of the molecule is CCOc1ccc2oc(C(=O)OCc3cccc4ccccc34)c(C)c2c1. The van der Waals surface area contributed by atoms with Gasteiger partial charge in [-0.2, -0.15) is 0 Å². The molecule has 27 heavy (non-hydrogen) atoms. The first-order chi connectivity index (χ1) is 13.2. The third-order valence-corrected chi connectivity index (χ3v) is 4.64. The summed E-state index contributed by atoms with van der Waals surface area (Å²) >= 11 is 0. The lowest BCUT2D eigenvalue weighted by Gasteiger charge is -2.07. The van der Waals surface area contributed by atoms with Crippen molar-refractivity contribution in [3.8, 4) is 5.75 Å². The van der Waals surface area contributed by atoms with Crippen LogP contribution in [0.3, 0.4) is 0 Å². The summed E-state index contributed by atoms with van der Waals surface area (Å²) in [6, 6.07) is 19.6. The Labute approximate surface area is 157 Å². The number of furan rings is 1. The predicted molar refractivity (Wildman–Crippen MR) is 105 cm³/mol. The summed E-state index contributed by atoms with van der Waals surface area (Å²) in [7, 11) is 0. The summed E-state index contributed by atoms with van der Waals surface area (Å²) in [6.45, 7) is 4.57. The zero-order valence-electron chi connectivity index (χ0n) is 15.3. The fourth-order valence-corrected chi connectivity index (χ4v) is 3.28. The van der Waals surface area contributed by atoms with Crippen LogP contribution in [0.4, 0.5) is 0 Å². The number of benzene rings is 3. The van der Waals surface area contributed by atoms with Crippen LogP contribution in [0.1, 0.15) is 28.6 Å². The van der Waals surface area contributed by atoms with Gasteiger partial charge in [0, 0.05) is 10.9 Å². The van der Waals surface area contributed by atoms with E-state index < -0.39 is 5.97 Å². The molecule has 0 N–H and O–H groups in total. The first-order valence-electron chi connectivity index (χ1n) is 8.97. The van der Waals surface area contributed by atoms with E-state index in [0.29, 0.717) is 12.2 Å². The number of hydrogen-bond donors (Lipinski definition) is 0. The van der Waals surface area contributed by atoms with Gasteiger partial charge >= 0.3 is 5.97 Å². The second kappa shape index (κ2) is 7.16. The van der Waals surface area contributed by atoms with E-state index in [4.69, 9.17) is 13.9 Å². The Hall–Kier alpha value is -3.27. The van der Waals surface area contributed by atoms with E-state index in [-0.39, 0.29) is 12.4 Å². The molecular formula is C23H20O4. The summed E-state index contributed by atoms with van der Waals surface area (Å²) in [5.74, 6) is 0.526. The molecule has 4 rings (SSSR count). The zero-order valence-corrected chi connectivity index (χ0v) is 15.3. The van der Waals surface area contributed by atoms with Crippen LogP contribution in [-0.4, -0.2) is 12.6 Å². The van der Waals surface area contributed by atoms with Gasteiger partial charge in [0.05, 0.1) is 6.61 Å². The molecule has 0 aliphatic carbocycles. The van der Waals surface area contributed by atoms with Crippen LogP contribution in [0.5, 0.6) is 5.75 Å². The molecule has 1 aromatic heterocycles. The molecule has 3 aromatic carbocycles. The van der Waals surface area contributed by atoms with Crippen LogP contribution in [0, 0.1) is 6.92 Å². The molecule has 136 valence electrons. The van der Waals surface area contributed by atoms with Gasteiger partial charge in [0.25, 0.3) is 0 Å². The largest absolute Gasteiger partial charge is 0.494 e. The third-order valence-electron chi connectivity index (χ3n) is 4.64. The number of esters is 1. The van der Waals surface area contributed by atoms with Crippen molar-refractivity contribution >= 4 is 27.7 Å². The standard InChI is InChI=1S/C23H20O4/c1-3-25-18-11-12-21-20(13-18)15(2)22(27-21)23(24)26-14-17-9-6-8-16-7-4-5-10-19(16)17/h4-13H,3,14H2,1-2H3. The van der Waals surface area contributed by atoms with Gasteiger partial charge in [-0.1, -0.05) is 42.5 Å². The van der Waals surface area contributed by atoms with Gasteiger partial charge in [0.1, 0.15) is 17.9 Å². The Morgan fingerprint density at radius 1 is 1.00 bits per heavy atom. The minimum atomic E-state index is -0.463. The highest BCUT2D eigenvalue weighted by Gasteiger charge is 2.20. The highest BCUT2D eigenvalue weighted by atomic mass is 16.5. The van der Waals surface area contributed by atoms with Crippen LogP contribution in [0.15, 0.2) is 65.1 Å². The van der Waals surface area contributed by atoms with Crippen molar-refractivity contribution in [3.63, 3.8) is 0 Å². The molecule has 0 bridgehead atoms. The number of aryl methyl sites for hydroxylation is 1. The molecule has 4 heteroatoms. The van der Waals surface area contributed by atoms with Gasteiger partial charge in [0.15, 0.2) is 0 Å². The van der Waals surface area contributed by atoms with Gasteiger partial charge in [-0.15, -0.1) is 0 Å². The summed E-state index contributed by atoms with van der Waals surface area (Å²) in [5, 5.41) is 3.06. The predicted octanol–water partition coefficient (Wildman–Crippen LogP) is 5.65. The molecule has 0 atom stereocenters. The summed E-state index contributed by atoms with van der Waals surface area (Å²) in [5.41, 5.74) is 2.37. The maximum Gasteiger partial charge on any atom is 0.374 e. The highest BCUT2D eigenvalue weighted by molar-refractivity contribution is 5.96. The number of fused-ring (bicyclic) bond motifs is 2. The maximum atomic E-state index is 12.6. The van der Waals surface area contributed by atoms with E-state index in [2.05, 4.69) is 0 Å². The average Bonchev–Trinajstić information content (AvgIpc) is 3.03. The van der Waals surface area contributed by atoms with Crippen molar-refractivity contribution in [3.05, 3.63) is 77.6 Å². The Morgan fingerprint density at radius 3 is 2.67 bits per heavy atom. The minimum absolute atomic E-state index is 0.195. The van der Waals surface area contributed by atoms with Crippen LogP contribution >= 0.6 is 0 Å². The molecule has 1 heterocycles. The smallest absolute Gasteiger partial charge is 0.374 e. The van der Waals surface area contributed by atoms with Crippen LogP contribution in [0.25, 0.3) is 21.7 Å². The Morgan fingerprint density at radius 2 is 1.81 bits per heavy atom. The van der Waals surface area contributed by atoms with Gasteiger partial charge in [-0.25, -0.2) is 4.79 Å². The van der Waals surface area contributed by atoms with Crippen molar-refractivity contribution in [1.29, 1.82) is 0 Å². The van der Waals surface area contributed by atoms with Gasteiger partial charge in [0.2, 0.25) is 5.76 Å². The number of ether oxygens (including phenoxy) is 2. The van der Waals surface area contributed by atoms with Crippen molar-refractivity contribution in [2.24, 2.45) is 0 Å². The Bertz CT molecular complexity index is 1120. The van der Waals surface area contributed by atoms with Crippen molar-refractivity contribution < 1.29 is 18.7 Å². The molecule has 0 spiro atoms. The maximum absolute atomic E-state index is 12.6. The fourth-order valence-electron chi connectivity index (χ4n) is 3.28. The van der Waals surface area contributed by atoms with Crippen LogP contribution in [0.2, 0.25) is 0 Å². The monoisotopic (exact) mass is 360 g/mol. The van der Waals surface area contributed by atoms with E-state index in [9.17, 15) is 4.79 Å².